The van der Waals surface area contributed by atoms with Gasteiger partial charge in [0, 0.05) is 26.7 Å². The first-order valence-corrected chi connectivity index (χ1v) is 12.8. The van der Waals surface area contributed by atoms with Gasteiger partial charge in [0.1, 0.15) is 18.7 Å². The average Bonchev–Trinajstić information content (AvgIpc) is 3.42. The van der Waals surface area contributed by atoms with Gasteiger partial charge in [-0.05, 0) is 42.8 Å². The minimum Gasteiger partial charge on any atom is -0.892 e. The second-order valence-electron chi connectivity index (χ2n) is 9.26. The number of alkyl carbamates (subject to hydrolysis) is 1. The van der Waals surface area contributed by atoms with E-state index in [9.17, 15) is 24.4 Å². The zero-order valence-corrected chi connectivity index (χ0v) is 27.5. The summed E-state index contributed by atoms with van der Waals surface area (Å²) in [4.78, 5) is 40.7. The molecule has 1 aliphatic heterocycles. The fourth-order valence-corrected chi connectivity index (χ4v) is 4.46. The number of likely N-dealkylation sites (tertiary alicyclic amines) is 1. The molecule has 3 rings (SSSR count). The van der Waals surface area contributed by atoms with Crippen molar-refractivity contribution in [3.05, 3.63) is 71.8 Å². The number of hydrogen-bond acceptors (Lipinski definition) is 7. The van der Waals surface area contributed by atoms with E-state index in [4.69, 9.17) is 9.47 Å². The number of carbonyl (C=O) groups excluding carboxylic acids is 3. The monoisotopic (exact) mass is 569 g/mol. The van der Waals surface area contributed by atoms with Gasteiger partial charge < -0.3 is 35.1 Å². The Bertz CT molecular complexity index is 1040. The molecule has 2 aromatic carbocycles. The molecule has 0 aromatic heterocycles. The maximum absolute atomic E-state index is 13.6. The van der Waals surface area contributed by atoms with E-state index < -0.39 is 43.1 Å². The Labute approximate surface area is 280 Å². The third kappa shape index (κ3) is 11.8. The molecule has 1 saturated heterocycles. The van der Waals surface area contributed by atoms with Gasteiger partial charge in [-0.3, -0.25) is 9.59 Å². The van der Waals surface area contributed by atoms with Crippen LogP contribution in [0, 0.1) is 0 Å². The zero-order valence-electron chi connectivity index (χ0n) is 23.5. The average molecular weight is 569 g/mol. The minimum atomic E-state index is -2.24. The Morgan fingerprint density at radius 1 is 1.00 bits per heavy atom. The van der Waals surface area contributed by atoms with Crippen LogP contribution >= 0.6 is 0 Å². The van der Waals surface area contributed by atoms with Gasteiger partial charge in [-0.15, -0.1) is 0 Å². The van der Waals surface area contributed by atoms with Gasteiger partial charge in [0.25, 0.3) is 0 Å². The van der Waals surface area contributed by atoms with Crippen molar-refractivity contribution in [2.75, 3.05) is 20.3 Å². The molecule has 0 saturated carbocycles. The summed E-state index contributed by atoms with van der Waals surface area (Å²) in [6.07, 6.45) is 1.05. The number of nitrogens with zero attached hydrogens (tertiary/aromatic N) is 1. The molecule has 0 aliphatic carbocycles. The number of carbonyl (C=O) groups is 3. The number of hydrogen-bond donors (Lipinski definition) is 2. The van der Waals surface area contributed by atoms with Crippen molar-refractivity contribution in [1.82, 2.24) is 15.5 Å². The van der Waals surface area contributed by atoms with E-state index in [-0.39, 0.29) is 78.6 Å². The van der Waals surface area contributed by atoms with Crippen LogP contribution in [0.3, 0.4) is 0 Å². The van der Waals surface area contributed by atoms with Crippen molar-refractivity contribution in [2.24, 2.45) is 0 Å². The van der Waals surface area contributed by atoms with Gasteiger partial charge in [-0.25, -0.2) is 4.79 Å². The fourth-order valence-electron chi connectivity index (χ4n) is 4.46. The van der Waals surface area contributed by atoms with E-state index in [1.165, 1.54) is 12.0 Å². The van der Waals surface area contributed by atoms with E-state index >= 15 is 0 Å². The summed E-state index contributed by atoms with van der Waals surface area (Å²) in [6, 6.07) is 16.6. The van der Waals surface area contributed by atoms with Crippen molar-refractivity contribution < 1.29 is 93.0 Å². The van der Waals surface area contributed by atoms with Crippen molar-refractivity contribution in [3.63, 3.8) is 0 Å². The summed E-state index contributed by atoms with van der Waals surface area (Å²) in [6.45, 7) is 0.722. The Balaban J connectivity index is 0.00000400. The van der Waals surface area contributed by atoms with Gasteiger partial charge in [0.2, 0.25) is 11.8 Å². The molecule has 204 valence electrons. The fraction of sp³-hybridized carbons (Fsp3) is 0.444. The zero-order chi connectivity index (χ0) is 27.3. The van der Waals surface area contributed by atoms with Gasteiger partial charge in [-0.2, -0.15) is 0 Å². The number of amides is 3. The van der Waals surface area contributed by atoms with Gasteiger partial charge in [0.15, 0.2) is 0 Å². The maximum atomic E-state index is 13.6. The third-order valence-electron chi connectivity index (χ3n) is 6.44. The predicted molar refractivity (Wildman–Crippen MR) is 137 cm³/mol. The SMILES string of the molecule is COCCCC(NC(=O)C1CCCN1C(=O)C(Cc1ccccc1)NC(=O)OCc1ccccc1)B([O-])[O-].[Na+].[Na+]. The van der Waals surface area contributed by atoms with Crippen LogP contribution < -0.4 is 79.8 Å². The molecule has 0 radical (unpaired) electrons. The molecular formula is C27H34BN3Na2O7. The summed E-state index contributed by atoms with van der Waals surface area (Å²) in [7, 11) is -0.730. The Kier molecular flexibility index (Phi) is 18.0. The summed E-state index contributed by atoms with van der Waals surface area (Å²) in [5, 5.41) is 28.5. The number of methoxy groups -OCH3 is 1. The molecule has 40 heavy (non-hydrogen) atoms. The first-order valence-electron chi connectivity index (χ1n) is 12.8. The van der Waals surface area contributed by atoms with E-state index in [1.54, 1.807) is 0 Å². The molecular weight excluding hydrogens is 535 g/mol. The van der Waals surface area contributed by atoms with Crippen LogP contribution in [0.15, 0.2) is 60.7 Å². The molecule has 3 amide bonds. The molecule has 1 heterocycles. The molecule has 0 spiro atoms. The second kappa shape index (κ2) is 19.7. The molecule has 2 aromatic rings. The van der Waals surface area contributed by atoms with E-state index in [0.717, 1.165) is 11.1 Å². The Hall–Kier alpha value is -1.41. The predicted octanol–water partition coefficient (Wildman–Crippen LogP) is -5.82. The summed E-state index contributed by atoms with van der Waals surface area (Å²) in [5.41, 5.74) is 1.63. The number of rotatable bonds is 13. The van der Waals surface area contributed by atoms with Crippen LogP contribution in [-0.2, 0) is 32.1 Å². The molecule has 3 atom stereocenters. The topological polar surface area (TPSA) is 143 Å². The van der Waals surface area contributed by atoms with Crippen molar-refractivity contribution >= 4 is 25.0 Å². The van der Waals surface area contributed by atoms with Crippen LogP contribution in [-0.4, -0.2) is 68.2 Å². The number of nitrogens with one attached hydrogen (secondary N) is 2. The molecule has 10 nitrogen and oxygen atoms in total. The smallest absolute Gasteiger partial charge is 0.892 e. The summed E-state index contributed by atoms with van der Waals surface area (Å²) < 4.78 is 10.3. The molecule has 1 fully saturated rings. The number of ether oxygens (including phenoxy) is 2. The molecule has 1 aliphatic rings. The number of benzene rings is 2. The quantitative estimate of drug-likeness (QED) is 0.181. The van der Waals surface area contributed by atoms with Crippen LogP contribution in [0.4, 0.5) is 4.79 Å². The van der Waals surface area contributed by atoms with Crippen molar-refractivity contribution in [3.8, 4) is 0 Å². The Morgan fingerprint density at radius 3 is 2.23 bits per heavy atom. The minimum absolute atomic E-state index is 0. The van der Waals surface area contributed by atoms with Crippen LogP contribution in [0.2, 0.25) is 0 Å². The maximum Gasteiger partial charge on any atom is 1.00 e. The summed E-state index contributed by atoms with van der Waals surface area (Å²) >= 11 is 0. The van der Waals surface area contributed by atoms with Crippen LogP contribution in [0.5, 0.6) is 0 Å². The van der Waals surface area contributed by atoms with E-state index in [2.05, 4.69) is 10.6 Å². The van der Waals surface area contributed by atoms with Crippen molar-refractivity contribution in [2.45, 2.75) is 56.7 Å². The molecule has 3 unspecified atom stereocenters. The standard InChI is InChI=1S/C27H34BN3O7.2Na/c1-37-17-9-15-24(28(35)36)30-25(32)23-14-8-16-31(23)26(33)22(18-20-10-4-2-5-11-20)29-27(34)38-19-21-12-6-3-7-13-21;;/h2-7,10-13,22-24H,8-9,14-19H2,1H3,(H,29,34)(H,30,32);;/q-2;2*+1. The van der Waals surface area contributed by atoms with Crippen molar-refractivity contribution in [1.29, 1.82) is 0 Å². The molecule has 13 heteroatoms. The largest absolute Gasteiger partial charge is 1.00 e. The second-order valence-corrected chi connectivity index (χ2v) is 9.26. The van der Waals surface area contributed by atoms with Gasteiger partial charge in [-0.1, -0.05) is 67.8 Å². The first-order chi connectivity index (χ1) is 18.4. The summed E-state index contributed by atoms with van der Waals surface area (Å²) in [5.74, 6) is -2.08. The first kappa shape index (κ1) is 36.6. The normalized spacial score (nSPS) is 15.6. The Morgan fingerprint density at radius 2 is 1.62 bits per heavy atom. The van der Waals surface area contributed by atoms with Crippen LogP contribution in [0.1, 0.15) is 36.8 Å². The van der Waals surface area contributed by atoms with E-state index in [1.807, 2.05) is 60.7 Å². The van der Waals surface area contributed by atoms with Gasteiger partial charge in [0.05, 0.1) is 0 Å². The molecule has 2 N–H and O–H groups in total. The third-order valence-corrected chi connectivity index (χ3v) is 6.44. The van der Waals surface area contributed by atoms with Crippen LogP contribution in [0.25, 0.3) is 0 Å². The van der Waals surface area contributed by atoms with Gasteiger partial charge >= 0.3 is 65.2 Å². The molecule has 0 bridgehead atoms. The van der Waals surface area contributed by atoms with E-state index in [0.29, 0.717) is 32.4 Å².